The number of nitrogens with one attached hydrogen (secondary N) is 1. The molecule has 6 heteroatoms. The van der Waals surface area contributed by atoms with Crippen molar-refractivity contribution in [2.75, 3.05) is 13.7 Å². The summed E-state index contributed by atoms with van der Waals surface area (Å²) in [6.07, 6.45) is 1.28. The van der Waals surface area contributed by atoms with Gasteiger partial charge in [0.1, 0.15) is 11.5 Å². The molecule has 2 rings (SSSR count). The molecule has 6 nitrogen and oxygen atoms in total. The van der Waals surface area contributed by atoms with Crippen molar-refractivity contribution in [1.29, 1.82) is 0 Å². The smallest absolute Gasteiger partial charge is 0.213 e. The van der Waals surface area contributed by atoms with Crippen LogP contribution in [0.25, 0.3) is 0 Å². The highest BCUT2D eigenvalue weighted by molar-refractivity contribution is 5.40. The molecule has 0 amide bonds. The topological polar surface area (TPSA) is 69.4 Å². The average molecular weight is 263 g/mol. The summed E-state index contributed by atoms with van der Waals surface area (Å²) in [6.45, 7) is 3.96. The molecule has 0 aliphatic heterocycles. The first-order chi connectivity index (χ1) is 9.33. The molecular weight excluding hydrogens is 246 g/mol. The van der Waals surface area contributed by atoms with Crippen LogP contribution >= 0.6 is 0 Å². The minimum absolute atomic E-state index is 0.267. The van der Waals surface area contributed by atoms with Crippen molar-refractivity contribution in [3.8, 4) is 11.5 Å². The number of methoxy groups -OCH3 is 1. The van der Waals surface area contributed by atoms with E-state index in [-0.39, 0.29) is 6.61 Å². The van der Waals surface area contributed by atoms with E-state index in [4.69, 9.17) is 9.47 Å². The van der Waals surface area contributed by atoms with Crippen molar-refractivity contribution in [2.24, 2.45) is 0 Å². The van der Waals surface area contributed by atoms with Gasteiger partial charge in [-0.1, -0.05) is 18.1 Å². The van der Waals surface area contributed by atoms with Crippen molar-refractivity contribution < 1.29 is 14.0 Å². The van der Waals surface area contributed by atoms with E-state index in [0.29, 0.717) is 5.82 Å². The maximum absolute atomic E-state index is 5.72. The van der Waals surface area contributed by atoms with Crippen molar-refractivity contribution in [2.45, 2.75) is 20.1 Å². The lowest BCUT2D eigenvalue weighted by Gasteiger charge is -2.12. The summed E-state index contributed by atoms with van der Waals surface area (Å²) in [7, 11) is 1.63. The Balaban J connectivity index is 2.10. The fourth-order valence-electron chi connectivity index (χ4n) is 1.60. The van der Waals surface area contributed by atoms with Crippen molar-refractivity contribution >= 4 is 0 Å². The van der Waals surface area contributed by atoms with Gasteiger partial charge in [-0.2, -0.15) is 4.98 Å². The highest BCUT2D eigenvalue weighted by atomic mass is 16.5. The highest BCUT2D eigenvalue weighted by Crippen LogP contribution is 2.25. The zero-order valence-electron chi connectivity index (χ0n) is 11.0. The first-order valence-electron chi connectivity index (χ1n) is 6.09. The zero-order valence-corrected chi connectivity index (χ0v) is 11.0. The Morgan fingerprint density at radius 1 is 1.37 bits per heavy atom. The quantitative estimate of drug-likeness (QED) is 0.821. The lowest BCUT2D eigenvalue weighted by atomic mass is 10.2. The van der Waals surface area contributed by atoms with E-state index in [9.17, 15) is 0 Å². The maximum Gasteiger partial charge on any atom is 0.213 e. The fraction of sp³-hybridized carbons (Fsp3) is 0.385. The number of ether oxygens (including phenoxy) is 2. The standard InChI is InChI=1S/C13H17N3O3/c1-3-14-7-10-4-5-11(17-2)6-12(10)18-8-13-15-9-19-16-13/h4-6,9,14H,3,7-8H2,1-2H3. The van der Waals surface area contributed by atoms with Crippen LogP contribution in [-0.4, -0.2) is 23.8 Å². The van der Waals surface area contributed by atoms with Crippen molar-refractivity contribution in [3.05, 3.63) is 36.0 Å². The van der Waals surface area contributed by atoms with Gasteiger partial charge in [-0.3, -0.25) is 0 Å². The Morgan fingerprint density at radius 2 is 2.26 bits per heavy atom. The minimum atomic E-state index is 0.267. The Hall–Kier alpha value is -2.08. The summed E-state index contributed by atoms with van der Waals surface area (Å²) in [4.78, 5) is 3.92. The van der Waals surface area contributed by atoms with E-state index in [1.807, 2.05) is 18.2 Å². The summed E-state index contributed by atoms with van der Waals surface area (Å²) in [6, 6.07) is 5.74. The second-order valence-corrected chi connectivity index (χ2v) is 3.89. The number of benzene rings is 1. The summed E-state index contributed by atoms with van der Waals surface area (Å²) in [5, 5.41) is 6.97. The van der Waals surface area contributed by atoms with Gasteiger partial charge in [-0.05, 0) is 12.6 Å². The van der Waals surface area contributed by atoms with Crippen LogP contribution in [0.1, 0.15) is 18.3 Å². The first-order valence-corrected chi connectivity index (χ1v) is 6.09. The molecular formula is C13H17N3O3. The van der Waals surface area contributed by atoms with Crippen LogP contribution in [0.15, 0.2) is 29.1 Å². The Labute approximate surface area is 111 Å². The van der Waals surface area contributed by atoms with Crippen LogP contribution in [-0.2, 0) is 13.2 Å². The van der Waals surface area contributed by atoms with E-state index in [0.717, 1.165) is 30.2 Å². The predicted molar refractivity (Wildman–Crippen MR) is 69.0 cm³/mol. The summed E-state index contributed by atoms with van der Waals surface area (Å²) >= 11 is 0. The maximum atomic E-state index is 5.72. The van der Waals surface area contributed by atoms with Crippen LogP contribution in [0.4, 0.5) is 0 Å². The molecule has 0 saturated carbocycles. The van der Waals surface area contributed by atoms with Gasteiger partial charge in [0.05, 0.1) is 7.11 Å². The molecule has 0 radical (unpaired) electrons. The molecule has 0 aliphatic carbocycles. The van der Waals surface area contributed by atoms with Crippen LogP contribution in [0.2, 0.25) is 0 Å². The minimum Gasteiger partial charge on any atom is -0.497 e. The lowest BCUT2D eigenvalue weighted by Crippen LogP contribution is -2.13. The predicted octanol–water partition coefficient (Wildman–Crippen LogP) is 1.77. The molecule has 1 N–H and O–H groups in total. The molecule has 19 heavy (non-hydrogen) atoms. The third kappa shape index (κ3) is 3.69. The molecule has 1 heterocycles. The van der Waals surface area contributed by atoms with E-state index >= 15 is 0 Å². The second-order valence-electron chi connectivity index (χ2n) is 3.89. The Bertz CT molecular complexity index is 500. The van der Waals surface area contributed by atoms with Crippen molar-refractivity contribution in [3.63, 3.8) is 0 Å². The van der Waals surface area contributed by atoms with Gasteiger partial charge < -0.3 is 19.3 Å². The molecule has 2 aromatic rings. The number of hydrogen-bond acceptors (Lipinski definition) is 6. The molecule has 0 fully saturated rings. The molecule has 0 unspecified atom stereocenters. The number of hydrogen-bond donors (Lipinski definition) is 1. The van der Waals surface area contributed by atoms with Crippen molar-refractivity contribution in [1.82, 2.24) is 15.5 Å². The third-order valence-corrected chi connectivity index (χ3v) is 2.60. The molecule has 1 aromatic carbocycles. The van der Waals surface area contributed by atoms with Gasteiger partial charge in [-0.25, -0.2) is 0 Å². The molecule has 102 valence electrons. The highest BCUT2D eigenvalue weighted by Gasteiger charge is 2.07. The first kappa shape index (κ1) is 13.4. The largest absolute Gasteiger partial charge is 0.497 e. The van der Waals surface area contributed by atoms with Gasteiger partial charge in [0.15, 0.2) is 6.61 Å². The summed E-state index contributed by atoms with van der Waals surface area (Å²) in [5.41, 5.74) is 1.06. The number of aromatic nitrogens is 2. The number of nitrogens with zero attached hydrogens (tertiary/aromatic N) is 2. The van der Waals surface area contributed by atoms with E-state index < -0.39 is 0 Å². The number of rotatable bonds is 7. The normalized spacial score (nSPS) is 10.4. The molecule has 1 aromatic heterocycles. The van der Waals surface area contributed by atoms with E-state index in [1.165, 1.54) is 6.39 Å². The second kappa shape index (κ2) is 6.75. The average Bonchev–Trinajstić information content (AvgIpc) is 2.96. The summed E-state index contributed by atoms with van der Waals surface area (Å²) in [5.74, 6) is 2.02. The van der Waals surface area contributed by atoms with Gasteiger partial charge in [0.2, 0.25) is 12.2 Å². The van der Waals surface area contributed by atoms with Gasteiger partial charge >= 0.3 is 0 Å². The molecule has 0 bridgehead atoms. The molecule has 0 saturated heterocycles. The van der Waals surface area contributed by atoms with E-state index in [1.54, 1.807) is 7.11 Å². The lowest BCUT2D eigenvalue weighted by molar-refractivity contribution is 0.281. The van der Waals surface area contributed by atoms with Crippen LogP contribution in [0.3, 0.4) is 0 Å². The zero-order chi connectivity index (χ0) is 13.5. The Kier molecular flexibility index (Phi) is 4.74. The molecule has 0 spiro atoms. The third-order valence-electron chi connectivity index (χ3n) is 2.60. The molecule has 0 atom stereocenters. The van der Waals surface area contributed by atoms with Gasteiger partial charge in [0, 0.05) is 18.2 Å². The van der Waals surface area contributed by atoms with Crippen LogP contribution in [0.5, 0.6) is 11.5 Å². The van der Waals surface area contributed by atoms with Gasteiger partial charge in [-0.15, -0.1) is 0 Å². The van der Waals surface area contributed by atoms with Gasteiger partial charge in [0.25, 0.3) is 0 Å². The van der Waals surface area contributed by atoms with Crippen LogP contribution < -0.4 is 14.8 Å². The molecule has 0 aliphatic rings. The Morgan fingerprint density at radius 3 is 2.95 bits per heavy atom. The fourth-order valence-corrected chi connectivity index (χ4v) is 1.60. The monoisotopic (exact) mass is 263 g/mol. The summed E-state index contributed by atoms with van der Waals surface area (Å²) < 4.78 is 15.6. The van der Waals surface area contributed by atoms with Crippen LogP contribution in [0, 0.1) is 0 Å². The SMILES string of the molecule is CCNCc1ccc(OC)cc1OCc1ncon1. The van der Waals surface area contributed by atoms with E-state index in [2.05, 4.69) is 26.9 Å².